The molecular weight excluding hydrogens is 118 g/mol. The summed E-state index contributed by atoms with van der Waals surface area (Å²) in [7, 11) is 1.53. The Hall–Kier alpha value is -1.34. The van der Waals surface area contributed by atoms with Crippen LogP contribution in [0.25, 0.3) is 0 Å². The zero-order valence-electron chi connectivity index (χ0n) is 4.92. The van der Waals surface area contributed by atoms with Gasteiger partial charge in [0.15, 0.2) is 5.94 Å². The van der Waals surface area contributed by atoms with Gasteiger partial charge in [-0.3, -0.25) is 4.79 Å². The summed E-state index contributed by atoms with van der Waals surface area (Å²) in [5.74, 6) is 1.46. The predicted molar refractivity (Wildman–Crippen MR) is 31.1 cm³/mol. The van der Waals surface area contributed by atoms with Crippen molar-refractivity contribution in [3.05, 3.63) is 17.8 Å². The molecule has 1 amide bonds. The van der Waals surface area contributed by atoms with Gasteiger partial charge in [0.2, 0.25) is 0 Å². The van der Waals surface area contributed by atoms with Crippen LogP contribution >= 0.6 is 0 Å². The van der Waals surface area contributed by atoms with Crippen LogP contribution in [0.4, 0.5) is 0 Å². The highest BCUT2D eigenvalue weighted by Crippen LogP contribution is 2.07. The maximum Gasteiger partial charge on any atom is 0.251 e. The summed E-state index contributed by atoms with van der Waals surface area (Å²) in [6.07, 6.45) is 2.77. The Morgan fingerprint density at radius 3 is 2.44 bits per heavy atom. The summed E-state index contributed by atoms with van der Waals surface area (Å²) in [4.78, 5) is 21.8. The van der Waals surface area contributed by atoms with E-state index in [-0.39, 0.29) is 5.91 Å². The van der Waals surface area contributed by atoms with E-state index in [1.807, 2.05) is 0 Å². The van der Waals surface area contributed by atoms with Crippen LogP contribution in [-0.2, 0) is 9.59 Å². The van der Waals surface area contributed by atoms with E-state index >= 15 is 0 Å². The van der Waals surface area contributed by atoms with Gasteiger partial charge >= 0.3 is 0 Å². The molecule has 0 bridgehead atoms. The van der Waals surface area contributed by atoms with Crippen molar-refractivity contribution in [3.8, 4) is 0 Å². The fourth-order valence-corrected chi connectivity index (χ4v) is 0.595. The molecule has 3 heteroatoms. The largest absolute Gasteiger partial charge is 0.302 e. The first-order valence-corrected chi connectivity index (χ1v) is 2.46. The van der Waals surface area contributed by atoms with Crippen molar-refractivity contribution < 1.29 is 9.59 Å². The lowest BCUT2D eigenvalue weighted by atomic mass is 10.5. The van der Waals surface area contributed by atoms with Crippen molar-refractivity contribution in [3.63, 3.8) is 0 Å². The average Bonchev–Trinajstić information content (AvgIpc) is 2.15. The lowest BCUT2D eigenvalue weighted by Gasteiger charge is -2.04. The van der Waals surface area contributed by atoms with Crippen molar-refractivity contribution in [2.45, 2.75) is 0 Å². The fraction of sp³-hybridized carbons (Fsp3) is 0.167. The molecule has 0 saturated carbocycles. The topological polar surface area (TPSA) is 37.4 Å². The van der Waals surface area contributed by atoms with Crippen LogP contribution in [0.5, 0.6) is 0 Å². The van der Waals surface area contributed by atoms with E-state index in [1.165, 1.54) is 24.1 Å². The lowest BCUT2D eigenvalue weighted by molar-refractivity contribution is -0.122. The third-order valence-corrected chi connectivity index (χ3v) is 1.18. The maximum absolute atomic E-state index is 10.6. The smallest absolute Gasteiger partial charge is 0.251 e. The minimum atomic E-state index is -0.173. The Morgan fingerprint density at radius 1 is 1.56 bits per heavy atom. The molecule has 3 nitrogen and oxygen atoms in total. The van der Waals surface area contributed by atoms with Gasteiger partial charge in [0.1, 0.15) is 5.70 Å². The fourth-order valence-electron chi connectivity index (χ4n) is 0.595. The molecule has 0 aromatic rings. The molecule has 0 spiro atoms. The minimum Gasteiger partial charge on any atom is -0.302 e. The maximum atomic E-state index is 10.6. The molecule has 0 unspecified atom stereocenters. The molecule has 0 fully saturated rings. The Balaban J connectivity index is 2.99. The van der Waals surface area contributed by atoms with Crippen LogP contribution < -0.4 is 0 Å². The molecule has 1 heterocycles. The van der Waals surface area contributed by atoms with Gasteiger partial charge in [-0.2, -0.15) is 0 Å². The number of hydrogen-bond donors (Lipinski definition) is 0. The van der Waals surface area contributed by atoms with E-state index in [1.54, 1.807) is 5.94 Å². The first kappa shape index (κ1) is 5.79. The van der Waals surface area contributed by atoms with Crippen molar-refractivity contribution in [2.75, 3.05) is 7.05 Å². The number of carbonyl (C=O) groups excluding carboxylic acids is 2. The van der Waals surface area contributed by atoms with Gasteiger partial charge in [-0.05, 0) is 6.08 Å². The summed E-state index contributed by atoms with van der Waals surface area (Å²) in [6, 6.07) is 0. The minimum absolute atomic E-state index is 0.173. The van der Waals surface area contributed by atoms with E-state index in [2.05, 4.69) is 0 Å². The second kappa shape index (κ2) is 1.88. The zero-order chi connectivity index (χ0) is 6.85. The van der Waals surface area contributed by atoms with E-state index in [0.717, 1.165) is 0 Å². The van der Waals surface area contributed by atoms with Crippen molar-refractivity contribution in [1.29, 1.82) is 0 Å². The highest BCUT2D eigenvalue weighted by molar-refractivity contribution is 5.95. The number of amides is 1. The molecule has 0 aromatic heterocycles. The summed E-state index contributed by atoms with van der Waals surface area (Å²) < 4.78 is 0. The van der Waals surface area contributed by atoms with E-state index in [0.29, 0.717) is 5.70 Å². The summed E-state index contributed by atoms with van der Waals surface area (Å²) >= 11 is 0. The standard InChI is InChI=1S/C6H5NO2/c1-7-5(4-8)2-3-6(7)9/h2-3H,1H3. The molecule has 1 aliphatic rings. The molecule has 0 aliphatic carbocycles. The van der Waals surface area contributed by atoms with Gasteiger partial charge in [-0.1, -0.05) is 0 Å². The van der Waals surface area contributed by atoms with Crippen LogP contribution in [0.15, 0.2) is 17.8 Å². The van der Waals surface area contributed by atoms with Gasteiger partial charge < -0.3 is 4.90 Å². The van der Waals surface area contributed by atoms with E-state index in [4.69, 9.17) is 0 Å². The summed E-state index contributed by atoms with van der Waals surface area (Å²) in [5, 5.41) is 0. The Kier molecular flexibility index (Phi) is 1.21. The highest BCUT2D eigenvalue weighted by atomic mass is 16.2. The third kappa shape index (κ3) is 0.775. The van der Waals surface area contributed by atoms with Gasteiger partial charge in [0, 0.05) is 13.1 Å². The number of likely N-dealkylation sites (N-methyl/N-ethyl adjacent to an activating group) is 1. The van der Waals surface area contributed by atoms with Crippen molar-refractivity contribution in [1.82, 2.24) is 4.90 Å². The van der Waals surface area contributed by atoms with Crippen molar-refractivity contribution >= 4 is 11.8 Å². The van der Waals surface area contributed by atoms with Crippen LogP contribution in [0.1, 0.15) is 0 Å². The molecular formula is C6H5NO2. The normalized spacial score (nSPS) is 16.8. The molecule has 0 aromatic carbocycles. The molecule has 0 saturated heterocycles. The molecule has 0 N–H and O–H groups in total. The molecule has 1 aliphatic heterocycles. The third-order valence-electron chi connectivity index (χ3n) is 1.18. The van der Waals surface area contributed by atoms with E-state index < -0.39 is 0 Å². The monoisotopic (exact) mass is 123 g/mol. The molecule has 0 atom stereocenters. The van der Waals surface area contributed by atoms with E-state index in [9.17, 15) is 9.59 Å². The van der Waals surface area contributed by atoms with Crippen LogP contribution in [0.3, 0.4) is 0 Å². The Morgan fingerprint density at radius 2 is 2.22 bits per heavy atom. The van der Waals surface area contributed by atoms with Gasteiger partial charge in [-0.15, -0.1) is 0 Å². The van der Waals surface area contributed by atoms with Gasteiger partial charge in [0.05, 0.1) is 0 Å². The summed E-state index contributed by atoms with van der Waals surface area (Å²) in [5.41, 5.74) is 0.292. The Labute approximate surface area is 52.3 Å². The van der Waals surface area contributed by atoms with Crippen LogP contribution in [0, 0.1) is 0 Å². The Bertz CT molecular complexity index is 223. The zero-order valence-corrected chi connectivity index (χ0v) is 4.92. The van der Waals surface area contributed by atoms with Crippen molar-refractivity contribution in [2.24, 2.45) is 0 Å². The predicted octanol–water partition coefficient (Wildman–Crippen LogP) is -0.270. The van der Waals surface area contributed by atoms with Gasteiger partial charge in [-0.25, -0.2) is 4.79 Å². The molecule has 46 valence electrons. The van der Waals surface area contributed by atoms with Crippen LogP contribution in [-0.4, -0.2) is 23.8 Å². The molecule has 9 heavy (non-hydrogen) atoms. The molecule has 0 radical (unpaired) electrons. The highest BCUT2D eigenvalue weighted by Gasteiger charge is 2.15. The first-order valence-electron chi connectivity index (χ1n) is 2.46. The lowest BCUT2D eigenvalue weighted by Crippen LogP contribution is -2.17. The average molecular weight is 123 g/mol. The SMILES string of the molecule is CN1C(=O)C=CC1=C=O. The summed E-state index contributed by atoms with van der Waals surface area (Å²) in [6.45, 7) is 0. The number of allylic oxidation sites excluding steroid dienone is 1. The number of rotatable bonds is 0. The van der Waals surface area contributed by atoms with Gasteiger partial charge in [0.25, 0.3) is 5.91 Å². The number of hydrogen-bond acceptors (Lipinski definition) is 2. The quantitative estimate of drug-likeness (QED) is 0.416. The second-order valence-electron chi connectivity index (χ2n) is 1.72. The molecule has 1 rings (SSSR count). The number of carbonyl (C=O) groups is 1. The first-order chi connectivity index (χ1) is 4.25. The van der Waals surface area contributed by atoms with Crippen LogP contribution in [0.2, 0.25) is 0 Å². The number of nitrogens with zero attached hydrogens (tertiary/aromatic N) is 1. The second-order valence-corrected chi connectivity index (χ2v) is 1.72.